The van der Waals surface area contributed by atoms with E-state index in [1.165, 1.54) is 22.4 Å². The second-order valence-electron chi connectivity index (χ2n) is 7.87. The zero-order valence-electron chi connectivity index (χ0n) is 18.0. The van der Waals surface area contributed by atoms with Crippen LogP contribution in [-0.4, -0.2) is 48.1 Å². The molecule has 1 aromatic carbocycles. The van der Waals surface area contributed by atoms with Gasteiger partial charge in [0.15, 0.2) is 12.3 Å². The van der Waals surface area contributed by atoms with Crippen LogP contribution in [-0.2, 0) is 18.5 Å². The van der Waals surface area contributed by atoms with Crippen molar-refractivity contribution in [2.45, 2.75) is 38.8 Å². The van der Waals surface area contributed by atoms with Gasteiger partial charge < -0.3 is 9.94 Å². The van der Waals surface area contributed by atoms with E-state index < -0.39 is 6.09 Å². The highest BCUT2D eigenvalue weighted by Gasteiger charge is 2.30. The molecule has 0 saturated heterocycles. The van der Waals surface area contributed by atoms with E-state index in [4.69, 9.17) is 4.84 Å². The summed E-state index contributed by atoms with van der Waals surface area (Å²) in [7, 11) is 1.72. The molecule has 2 heterocycles. The highest BCUT2D eigenvalue weighted by atomic mass is 16.6. The van der Waals surface area contributed by atoms with Gasteiger partial charge in [-0.1, -0.05) is 54.4 Å². The molecule has 1 saturated carbocycles. The van der Waals surface area contributed by atoms with Crippen molar-refractivity contribution in [2.75, 3.05) is 4.90 Å². The third-order valence-electron chi connectivity index (χ3n) is 5.30. The molecule has 1 atom stereocenters. The predicted octanol–water partition coefficient (Wildman–Crippen LogP) is 3.25. The Labute approximate surface area is 185 Å². The van der Waals surface area contributed by atoms with Crippen LogP contribution in [0.3, 0.4) is 0 Å². The van der Waals surface area contributed by atoms with Crippen LogP contribution in [0.5, 0.6) is 0 Å². The Morgan fingerprint density at radius 1 is 1.25 bits per heavy atom. The first-order valence-electron chi connectivity index (χ1n) is 10.5. The van der Waals surface area contributed by atoms with Crippen LogP contribution in [0, 0.1) is 5.92 Å². The quantitative estimate of drug-likeness (QED) is 0.405. The summed E-state index contributed by atoms with van der Waals surface area (Å²) < 4.78 is 1.51. The normalized spacial score (nSPS) is 14.8. The first-order valence-corrected chi connectivity index (χ1v) is 10.5. The number of aryl methyl sites for hydroxylation is 1. The van der Waals surface area contributed by atoms with Crippen LogP contribution in [0.4, 0.5) is 10.6 Å². The number of carboxylic acid groups (broad SMARTS) is 1. The summed E-state index contributed by atoms with van der Waals surface area (Å²) >= 11 is 0. The molecule has 2 aromatic heterocycles. The van der Waals surface area contributed by atoms with Crippen molar-refractivity contribution in [3.05, 3.63) is 65.6 Å². The van der Waals surface area contributed by atoms with E-state index in [0.29, 0.717) is 29.0 Å². The average molecular weight is 435 g/mol. The summed E-state index contributed by atoms with van der Waals surface area (Å²) in [4.78, 5) is 23.3. The standard InChI is InChI=1S/C22H25N7O3/c1-15(13-16-11-12-16)29(22(30)31)19-10-6-9-18(23-19)14-32-25-20(17-7-4-3-5-8-17)21-24-26-27-28(21)2/h3-10,15-16H,11-14H2,1-2H3,(H,30,31)/b25-20-. The number of anilines is 1. The fourth-order valence-electron chi connectivity index (χ4n) is 3.55. The highest BCUT2D eigenvalue weighted by Crippen LogP contribution is 2.35. The van der Waals surface area contributed by atoms with Crippen molar-refractivity contribution in [3.63, 3.8) is 0 Å². The number of benzene rings is 1. The molecule has 1 amide bonds. The molecular weight excluding hydrogens is 410 g/mol. The number of aromatic nitrogens is 5. The fraction of sp³-hybridized carbons (Fsp3) is 0.364. The Bertz CT molecular complexity index is 1100. The Kier molecular flexibility index (Phi) is 6.39. The average Bonchev–Trinajstić information content (AvgIpc) is 3.49. The van der Waals surface area contributed by atoms with E-state index in [2.05, 4.69) is 25.7 Å². The lowest BCUT2D eigenvalue weighted by atomic mass is 10.1. The SMILES string of the molecule is CC(CC1CC1)N(C(=O)O)c1cccc(CO/N=C(/c2ccccc2)c2nnnn2C)n1. The summed E-state index contributed by atoms with van der Waals surface area (Å²) in [5.41, 5.74) is 1.86. The zero-order chi connectivity index (χ0) is 22.5. The molecule has 0 radical (unpaired) electrons. The summed E-state index contributed by atoms with van der Waals surface area (Å²) in [6.45, 7) is 1.99. The maximum absolute atomic E-state index is 11.9. The van der Waals surface area contributed by atoms with Crippen LogP contribution >= 0.6 is 0 Å². The summed E-state index contributed by atoms with van der Waals surface area (Å²) in [6, 6.07) is 14.6. The van der Waals surface area contributed by atoms with Gasteiger partial charge in [0, 0.05) is 18.7 Å². The van der Waals surface area contributed by atoms with Crippen molar-refractivity contribution in [2.24, 2.45) is 18.1 Å². The van der Waals surface area contributed by atoms with Gasteiger partial charge in [-0.3, -0.25) is 4.90 Å². The number of rotatable bonds is 9. The molecule has 10 nitrogen and oxygen atoms in total. The number of amides is 1. The van der Waals surface area contributed by atoms with Gasteiger partial charge >= 0.3 is 6.09 Å². The van der Waals surface area contributed by atoms with Crippen LogP contribution in [0.25, 0.3) is 0 Å². The second-order valence-corrected chi connectivity index (χ2v) is 7.87. The van der Waals surface area contributed by atoms with Gasteiger partial charge in [0.05, 0.1) is 5.69 Å². The van der Waals surface area contributed by atoms with Crippen LogP contribution < -0.4 is 4.90 Å². The van der Waals surface area contributed by atoms with E-state index >= 15 is 0 Å². The number of pyridine rings is 1. The number of carbonyl (C=O) groups is 1. The molecule has 10 heteroatoms. The topological polar surface area (TPSA) is 119 Å². The first kappa shape index (κ1) is 21.4. The largest absolute Gasteiger partial charge is 0.465 e. The van der Waals surface area contributed by atoms with E-state index in [-0.39, 0.29) is 12.6 Å². The van der Waals surface area contributed by atoms with Gasteiger partial charge in [-0.25, -0.2) is 14.5 Å². The molecule has 4 rings (SSSR count). The maximum Gasteiger partial charge on any atom is 0.413 e. The smallest absolute Gasteiger partial charge is 0.413 e. The van der Waals surface area contributed by atoms with Gasteiger partial charge in [-0.2, -0.15) is 0 Å². The van der Waals surface area contributed by atoms with Crippen molar-refractivity contribution < 1.29 is 14.7 Å². The van der Waals surface area contributed by atoms with Crippen LogP contribution in [0.1, 0.15) is 43.3 Å². The fourth-order valence-corrected chi connectivity index (χ4v) is 3.55. The van der Waals surface area contributed by atoms with Crippen molar-refractivity contribution in [1.82, 2.24) is 25.2 Å². The van der Waals surface area contributed by atoms with Crippen molar-refractivity contribution in [3.8, 4) is 0 Å². The minimum atomic E-state index is -1.01. The zero-order valence-corrected chi connectivity index (χ0v) is 18.0. The molecule has 1 aliphatic rings. The summed E-state index contributed by atoms with van der Waals surface area (Å²) in [5, 5.41) is 25.6. The second kappa shape index (κ2) is 9.54. The lowest BCUT2D eigenvalue weighted by Crippen LogP contribution is -2.38. The molecule has 1 unspecified atom stereocenters. The number of tetrazole rings is 1. The monoisotopic (exact) mass is 435 g/mol. The number of oxime groups is 1. The Hall–Kier alpha value is -3.82. The minimum Gasteiger partial charge on any atom is -0.465 e. The Morgan fingerprint density at radius 3 is 2.69 bits per heavy atom. The molecular formula is C22H25N7O3. The predicted molar refractivity (Wildman–Crippen MR) is 117 cm³/mol. The molecule has 1 fully saturated rings. The molecule has 0 spiro atoms. The van der Waals surface area contributed by atoms with Crippen LogP contribution in [0.15, 0.2) is 53.7 Å². The van der Waals surface area contributed by atoms with E-state index in [1.807, 2.05) is 37.3 Å². The van der Waals surface area contributed by atoms with E-state index in [1.54, 1.807) is 25.2 Å². The molecule has 1 N–H and O–H groups in total. The lowest BCUT2D eigenvalue weighted by Gasteiger charge is -2.25. The molecule has 1 aliphatic carbocycles. The van der Waals surface area contributed by atoms with Gasteiger partial charge in [-0.15, -0.1) is 5.10 Å². The van der Waals surface area contributed by atoms with Crippen molar-refractivity contribution in [1.29, 1.82) is 0 Å². The summed E-state index contributed by atoms with van der Waals surface area (Å²) in [5.74, 6) is 1.46. The van der Waals surface area contributed by atoms with Crippen LogP contribution in [0.2, 0.25) is 0 Å². The van der Waals surface area contributed by atoms with Gasteiger partial charge in [0.1, 0.15) is 5.82 Å². The van der Waals surface area contributed by atoms with Gasteiger partial charge in [0.25, 0.3) is 0 Å². The number of hydrogen-bond acceptors (Lipinski definition) is 7. The van der Waals surface area contributed by atoms with Crippen molar-refractivity contribution >= 4 is 17.6 Å². The maximum atomic E-state index is 11.9. The Morgan fingerprint density at radius 2 is 2.03 bits per heavy atom. The lowest BCUT2D eigenvalue weighted by molar-refractivity contribution is 0.128. The molecule has 0 bridgehead atoms. The molecule has 166 valence electrons. The third-order valence-corrected chi connectivity index (χ3v) is 5.30. The van der Waals surface area contributed by atoms with Gasteiger partial charge in [-0.05, 0) is 41.8 Å². The number of hydrogen-bond donors (Lipinski definition) is 1. The molecule has 0 aliphatic heterocycles. The number of nitrogens with zero attached hydrogens (tertiary/aromatic N) is 7. The Balaban J connectivity index is 1.52. The third kappa shape index (κ3) is 5.08. The minimum absolute atomic E-state index is 0.0694. The highest BCUT2D eigenvalue weighted by molar-refractivity contribution is 6.10. The molecule has 32 heavy (non-hydrogen) atoms. The summed E-state index contributed by atoms with van der Waals surface area (Å²) in [6.07, 6.45) is 2.16. The molecule has 3 aromatic rings. The van der Waals surface area contributed by atoms with E-state index in [0.717, 1.165) is 12.0 Å². The first-order chi connectivity index (χ1) is 15.5. The van der Waals surface area contributed by atoms with E-state index in [9.17, 15) is 9.90 Å². The van der Waals surface area contributed by atoms with Gasteiger partial charge in [0.2, 0.25) is 5.82 Å².